The molecule has 5 nitrogen and oxygen atoms in total. The van der Waals surface area contributed by atoms with Crippen molar-refractivity contribution >= 4 is 37.8 Å². The van der Waals surface area contributed by atoms with Gasteiger partial charge in [-0.15, -0.1) is 0 Å². The zero-order valence-electron chi connectivity index (χ0n) is 10.5. The number of aliphatic carboxylic acids is 1. The van der Waals surface area contributed by atoms with E-state index in [1.807, 2.05) is 0 Å². The number of rotatable bonds is 4. The Balaban J connectivity index is 2.13. The molecule has 1 saturated heterocycles. The van der Waals surface area contributed by atoms with Crippen molar-refractivity contribution < 1.29 is 23.1 Å². The Morgan fingerprint density at radius 3 is 2.80 bits per heavy atom. The summed E-state index contributed by atoms with van der Waals surface area (Å²) in [6, 6.07) is 5.13. The monoisotopic (exact) mass is 360 g/mol. The van der Waals surface area contributed by atoms with Crippen molar-refractivity contribution in [2.45, 2.75) is 12.5 Å². The Hall–Kier alpha value is -1.34. The molecule has 0 spiro atoms. The first-order valence-corrected chi connectivity index (χ1v) is 8.55. The second-order valence-electron chi connectivity index (χ2n) is 4.50. The summed E-state index contributed by atoms with van der Waals surface area (Å²) in [6.07, 6.45) is 2.63. The van der Waals surface area contributed by atoms with Crippen LogP contribution in [0.15, 0.2) is 28.7 Å². The van der Waals surface area contributed by atoms with Gasteiger partial charge in [-0.3, -0.25) is 0 Å². The van der Waals surface area contributed by atoms with E-state index < -0.39 is 15.8 Å². The van der Waals surface area contributed by atoms with Crippen LogP contribution in [0.5, 0.6) is 5.75 Å². The zero-order chi connectivity index (χ0) is 14.8. The van der Waals surface area contributed by atoms with Gasteiger partial charge < -0.3 is 9.84 Å². The van der Waals surface area contributed by atoms with Crippen LogP contribution in [0.25, 0.3) is 6.08 Å². The first-order valence-electron chi connectivity index (χ1n) is 5.93. The molecule has 1 heterocycles. The quantitative estimate of drug-likeness (QED) is 0.831. The van der Waals surface area contributed by atoms with Crippen molar-refractivity contribution in [3.8, 4) is 5.75 Å². The Labute approximate surface area is 125 Å². The second-order valence-corrected chi connectivity index (χ2v) is 7.58. The molecule has 1 aromatic carbocycles. The maximum Gasteiger partial charge on any atom is 0.328 e. The molecule has 2 rings (SSSR count). The van der Waals surface area contributed by atoms with Crippen molar-refractivity contribution in [1.82, 2.24) is 0 Å². The summed E-state index contributed by atoms with van der Waals surface area (Å²) in [4.78, 5) is 10.5. The van der Waals surface area contributed by atoms with Crippen LogP contribution in [0.2, 0.25) is 0 Å². The smallest absolute Gasteiger partial charge is 0.328 e. The lowest BCUT2D eigenvalue weighted by Crippen LogP contribution is -2.17. The minimum absolute atomic E-state index is 0.0311. The van der Waals surface area contributed by atoms with Crippen molar-refractivity contribution in [3.63, 3.8) is 0 Å². The van der Waals surface area contributed by atoms with Crippen LogP contribution in [0.4, 0.5) is 0 Å². The van der Waals surface area contributed by atoms with Crippen LogP contribution in [0.1, 0.15) is 12.0 Å². The molecule has 1 N–H and O–H groups in total. The summed E-state index contributed by atoms with van der Waals surface area (Å²) in [5, 5.41) is 8.62. The van der Waals surface area contributed by atoms with Crippen LogP contribution in [0.3, 0.4) is 0 Å². The largest absolute Gasteiger partial charge is 0.489 e. The second kappa shape index (κ2) is 5.97. The standard InChI is InChI=1S/C13H13BrO5S/c14-12-3-2-10(7-9(12)1-4-13(15)16)19-11-5-6-20(17,18)8-11/h1-4,7,11H,5-6,8H2,(H,15,16)/b4-1+. The molecular formula is C13H13BrO5S. The zero-order valence-corrected chi connectivity index (χ0v) is 12.9. The highest BCUT2D eigenvalue weighted by Gasteiger charge is 2.29. The molecule has 0 aliphatic carbocycles. The third-order valence-corrected chi connectivity index (χ3v) is 5.33. The average molecular weight is 361 g/mol. The minimum atomic E-state index is -2.98. The molecule has 0 bridgehead atoms. The lowest BCUT2D eigenvalue weighted by molar-refractivity contribution is -0.131. The SMILES string of the molecule is O=C(O)/C=C/c1cc(OC2CCS(=O)(=O)C2)ccc1Br. The molecular weight excluding hydrogens is 348 g/mol. The van der Waals surface area contributed by atoms with Crippen molar-refractivity contribution in [2.75, 3.05) is 11.5 Å². The number of carboxylic acid groups (broad SMARTS) is 1. The number of halogens is 1. The van der Waals surface area contributed by atoms with Gasteiger partial charge >= 0.3 is 5.97 Å². The van der Waals surface area contributed by atoms with Gasteiger partial charge in [0.15, 0.2) is 9.84 Å². The fraction of sp³-hybridized carbons (Fsp3) is 0.308. The molecule has 0 saturated carbocycles. The van der Waals surface area contributed by atoms with E-state index in [4.69, 9.17) is 9.84 Å². The molecule has 0 radical (unpaired) electrons. The van der Waals surface area contributed by atoms with E-state index in [1.54, 1.807) is 18.2 Å². The highest BCUT2D eigenvalue weighted by atomic mass is 79.9. The predicted octanol–water partition coefficient (Wildman–Crippen LogP) is 2.11. The van der Waals surface area contributed by atoms with Crippen LogP contribution in [-0.4, -0.2) is 37.1 Å². The Bertz CT molecular complexity index is 651. The maximum atomic E-state index is 11.4. The highest BCUT2D eigenvalue weighted by molar-refractivity contribution is 9.10. The van der Waals surface area contributed by atoms with E-state index >= 15 is 0 Å². The van der Waals surface area contributed by atoms with Crippen LogP contribution in [-0.2, 0) is 14.6 Å². The molecule has 20 heavy (non-hydrogen) atoms. The van der Waals surface area contributed by atoms with Crippen molar-refractivity contribution in [1.29, 1.82) is 0 Å². The van der Waals surface area contributed by atoms with Gasteiger partial charge in [0, 0.05) is 10.5 Å². The van der Waals surface area contributed by atoms with Crippen LogP contribution < -0.4 is 4.74 Å². The number of benzene rings is 1. The predicted molar refractivity (Wildman–Crippen MR) is 78.5 cm³/mol. The van der Waals surface area contributed by atoms with Gasteiger partial charge in [-0.1, -0.05) is 15.9 Å². The van der Waals surface area contributed by atoms with E-state index in [1.165, 1.54) is 6.08 Å². The Morgan fingerprint density at radius 1 is 1.45 bits per heavy atom. The van der Waals surface area contributed by atoms with Gasteiger partial charge in [0.1, 0.15) is 11.9 Å². The molecule has 0 aromatic heterocycles. The fourth-order valence-electron chi connectivity index (χ4n) is 1.93. The van der Waals surface area contributed by atoms with Gasteiger partial charge in [-0.05, 0) is 36.3 Å². The van der Waals surface area contributed by atoms with Gasteiger partial charge in [0.2, 0.25) is 0 Å². The number of hydrogen-bond donors (Lipinski definition) is 1. The number of sulfone groups is 1. The lowest BCUT2D eigenvalue weighted by Gasteiger charge is -2.13. The summed E-state index contributed by atoms with van der Waals surface area (Å²) in [5.41, 5.74) is 0.658. The average Bonchev–Trinajstić information content (AvgIpc) is 2.69. The van der Waals surface area contributed by atoms with E-state index in [2.05, 4.69) is 15.9 Å². The van der Waals surface area contributed by atoms with Gasteiger partial charge in [-0.2, -0.15) is 0 Å². The summed E-state index contributed by atoms with van der Waals surface area (Å²) in [5.74, 6) is -0.325. The molecule has 1 aromatic rings. The first-order chi connectivity index (χ1) is 9.35. The molecule has 1 aliphatic heterocycles. The fourth-order valence-corrected chi connectivity index (χ4v) is 3.90. The number of ether oxygens (including phenoxy) is 1. The topological polar surface area (TPSA) is 80.7 Å². The summed E-state index contributed by atoms with van der Waals surface area (Å²) in [7, 11) is -2.98. The lowest BCUT2D eigenvalue weighted by atomic mass is 10.2. The minimum Gasteiger partial charge on any atom is -0.489 e. The van der Waals surface area contributed by atoms with E-state index in [-0.39, 0.29) is 17.6 Å². The maximum absolute atomic E-state index is 11.4. The molecule has 1 atom stereocenters. The first kappa shape index (κ1) is 15.1. The molecule has 0 amide bonds. The third-order valence-electron chi connectivity index (χ3n) is 2.87. The van der Waals surface area contributed by atoms with E-state index in [0.717, 1.165) is 10.5 Å². The van der Waals surface area contributed by atoms with Gasteiger partial charge in [-0.25, -0.2) is 13.2 Å². The van der Waals surface area contributed by atoms with Gasteiger partial charge in [0.25, 0.3) is 0 Å². The Kier molecular flexibility index (Phi) is 4.49. The van der Waals surface area contributed by atoms with Crippen molar-refractivity contribution in [3.05, 3.63) is 34.3 Å². The molecule has 1 aliphatic rings. The third kappa shape index (κ3) is 4.08. The number of hydrogen-bond acceptors (Lipinski definition) is 4. The normalized spacial score (nSPS) is 21.1. The van der Waals surface area contributed by atoms with Crippen LogP contribution in [0, 0.1) is 0 Å². The Morgan fingerprint density at radius 2 is 2.20 bits per heavy atom. The molecule has 7 heteroatoms. The summed E-state index contributed by atoms with van der Waals surface area (Å²) < 4.78 is 29.1. The van der Waals surface area contributed by atoms with E-state index in [9.17, 15) is 13.2 Å². The molecule has 1 fully saturated rings. The van der Waals surface area contributed by atoms with Crippen LogP contribution >= 0.6 is 15.9 Å². The number of carbonyl (C=O) groups is 1. The number of carboxylic acids is 1. The molecule has 108 valence electrons. The summed E-state index contributed by atoms with van der Waals surface area (Å²) in [6.45, 7) is 0. The van der Waals surface area contributed by atoms with E-state index in [0.29, 0.717) is 17.7 Å². The van der Waals surface area contributed by atoms with Crippen molar-refractivity contribution in [2.24, 2.45) is 0 Å². The van der Waals surface area contributed by atoms with Gasteiger partial charge in [0.05, 0.1) is 11.5 Å². The highest BCUT2D eigenvalue weighted by Crippen LogP contribution is 2.26. The molecule has 1 unspecified atom stereocenters. The summed E-state index contributed by atoms with van der Waals surface area (Å²) >= 11 is 3.32.